The highest BCUT2D eigenvalue weighted by Gasteiger charge is 2.33. The van der Waals surface area contributed by atoms with Crippen molar-refractivity contribution in [3.8, 4) is 0 Å². The van der Waals surface area contributed by atoms with Gasteiger partial charge >= 0.3 is 18.0 Å². The van der Waals surface area contributed by atoms with Crippen LogP contribution in [0.1, 0.15) is 44.7 Å². The van der Waals surface area contributed by atoms with Gasteiger partial charge in [0.15, 0.2) is 5.78 Å². The summed E-state index contributed by atoms with van der Waals surface area (Å²) in [6.07, 6.45) is 1.64. The van der Waals surface area contributed by atoms with Crippen molar-refractivity contribution in [1.29, 1.82) is 0 Å². The van der Waals surface area contributed by atoms with Crippen molar-refractivity contribution in [2.24, 2.45) is 5.73 Å². The molecule has 4 aromatic carbocycles. The molecule has 2 fully saturated rings. The molecule has 0 spiro atoms. The highest BCUT2D eigenvalue weighted by atomic mass is 35.5. The van der Waals surface area contributed by atoms with Gasteiger partial charge in [-0.05, 0) is 95.6 Å². The number of hydrogen-bond acceptors (Lipinski definition) is 8. The summed E-state index contributed by atoms with van der Waals surface area (Å²) < 4.78 is 61.5. The van der Waals surface area contributed by atoms with Crippen molar-refractivity contribution in [3.63, 3.8) is 0 Å². The number of Topliss-reactive ketones (excluding diaryl/α,β-unsaturated/α-hetero) is 1. The van der Waals surface area contributed by atoms with Gasteiger partial charge in [0.1, 0.15) is 23.3 Å². The van der Waals surface area contributed by atoms with E-state index in [1.807, 2.05) is 28.2 Å². The fourth-order valence-electron chi connectivity index (χ4n) is 7.09. The summed E-state index contributed by atoms with van der Waals surface area (Å²) in [4.78, 5) is 60.3. The molecular weight excluding hydrogens is 853 g/mol. The third kappa shape index (κ3) is 11.6. The zero-order chi connectivity index (χ0) is 45.4. The maximum Gasteiger partial charge on any atom is 0.337 e. The van der Waals surface area contributed by atoms with E-state index in [1.54, 1.807) is 9.80 Å². The van der Waals surface area contributed by atoms with Gasteiger partial charge in [-0.25, -0.2) is 31.9 Å². The molecule has 2 atom stereocenters. The predicted molar refractivity (Wildman–Crippen MR) is 231 cm³/mol. The number of ether oxygens (including phenoxy) is 1. The normalized spacial score (nSPS) is 16.0. The average Bonchev–Trinajstić information content (AvgIpc) is 3.96. The number of methoxy groups -OCH3 is 1. The van der Waals surface area contributed by atoms with Crippen LogP contribution in [0.15, 0.2) is 72.8 Å². The number of likely N-dealkylation sites (tertiary alicyclic amines) is 2. The molecular formula is C44H49Cl2F4N7O5. The molecule has 0 aliphatic carbocycles. The number of benzene rings is 4. The number of hydrogen-bond donors (Lipinski definition) is 1. The molecule has 0 bridgehead atoms. The second-order valence-electron chi connectivity index (χ2n) is 15.4. The van der Waals surface area contributed by atoms with E-state index in [1.165, 1.54) is 77.6 Å². The highest BCUT2D eigenvalue weighted by molar-refractivity contribution is 6.31. The number of halogens is 6. The second-order valence-corrected chi connectivity index (χ2v) is 16.2. The van der Waals surface area contributed by atoms with Crippen molar-refractivity contribution < 1.29 is 41.5 Å². The number of nitrogens with two attached hydrogens (primary N) is 1. The largest absolute Gasteiger partial charge is 0.465 e. The van der Waals surface area contributed by atoms with Crippen LogP contribution >= 0.6 is 23.2 Å². The summed E-state index contributed by atoms with van der Waals surface area (Å²) in [5, 5.41) is -0.267. The lowest BCUT2D eigenvalue weighted by Gasteiger charge is -2.29. The summed E-state index contributed by atoms with van der Waals surface area (Å²) in [5.74, 6) is -3.53. The van der Waals surface area contributed by atoms with Gasteiger partial charge in [0.25, 0.3) is 0 Å². The smallest absolute Gasteiger partial charge is 0.337 e. The van der Waals surface area contributed by atoms with E-state index in [0.29, 0.717) is 37.6 Å². The molecule has 332 valence electrons. The Labute approximate surface area is 368 Å². The van der Waals surface area contributed by atoms with Gasteiger partial charge in [-0.3, -0.25) is 14.6 Å². The fraction of sp³-hybridized carbons (Fsp3) is 0.364. The number of carbonyl (C=O) groups is 4. The topological polar surface area (TPSA) is 123 Å². The number of esters is 1. The lowest BCUT2D eigenvalue weighted by molar-refractivity contribution is 0.0600. The van der Waals surface area contributed by atoms with Crippen molar-refractivity contribution in [1.82, 2.24) is 19.6 Å². The molecule has 0 aromatic heterocycles. The molecule has 4 aromatic rings. The molecule has 0 saturated carbocycles. The minimum atomic E-state index is -0.657. The molecule has 2 saturated heterocycles. The quantitative estimate of drug-likeness (QED) is 0.0925. The fourth-order valence-corrected chi connectivity index (χ4v) is 7.44. The number of rotatable bonds is 11. The van der Waals surface area contributed by atoms with Crippen molar-refractivity contribution >= 4 is 58.4 Å². The summed E-state index contributed by atoms with van der Waals surface area (Å²) >= 11 is 11.9. The molecule has 4 amide bonds. The molecule has 2 aliphatic rings. The highest BCUT2D eigenvalue weighted by Crippen LogP contribution is 2.29. The van der Waals surface area contributed by atoms with Crippen LogP contribution in [0, 0.1) is 23.3 Å². The van der Waals surface area contributed by atoms with E-state index in [-0.39, 0.29) is 81.9 Å². The van der Waals surface area contributed by atoms with Gasteiger partial charge in [0.05, 0.1) is 42.4 Å². The van der Waals surface area contributed by atoms with E-state index in [0.717, 1.165) is 25.0 Å². The predicted octanol–water partition coefficient (Wildman–Crippen LogP) is 7.69. The standard InChI is InChI=1S/C22H25ClF2N4O2.C22H24ClF2N3O3/c1-27(2)17-7-8-28(13-17)22(31)29(16-5-6-19(24)18(23)10-16)12-15-4-3-14(9-20(15)25)21(30)11-26;1-26(2)17-8-9-27(13-17)22(30)28(16-6-7-19(24)18(23)11-16)12-15-5-4-14(10-20(15)25)21(29)31-3/h3-6,9-10,17H,7-8,11-13,26H2,1-2H3;4-7,10-11,17H,8-9,12-13H2,1-3H3/t2*17-/m00/s1. The van der Waals surface area contributed by atoms with Crippen LogP contribution < -0.4 is 15.5 Å². The number of urea groups is 2. The van der Waals surface area contributed by atoms with E-state index >= 15 is 0 Å². The lowest BCUT2D eigenvalue weighted by atomic mass is 10.1. The number of nitrogens with zero attached hydrogens (tertiary/aromatic N) is 6. The SMILES string of the molecule is CN(C)[C@H]1CCN(C(=O)N(Cc2ccc(C(=O)CN)cc2F)c2ccc(F)c(Cl)c2)C1.COC(=O)c1ccc(CN(C(=O)N2CC[C@H](N(C)C)C2)c2ccc(F)c(Cl)c2)c(F)c1. The monoisotopic (exact) mass is 901 g/mol. The first-order valence-electron chi connectivity index (χ1n) is 19.7. The first kappa shape index (κ1) is 47.8. The summed E-state index contributed by atoms with van der Waals surface area (Å²) in [6.45, 7) is 1.73. The Hall–Kier alpha value is -5.26. The maximum atomic E-state index is 14.7. The number of carbonyl (C=O) groups excluding carboxylic acids is 4. The van der Waals surface area contributed by atoms with Gasteiger partial charge in [-0.1, -0.05) is 41.4 Å². The van der Waals surface area contributed by atoms with Gasteiger partial charge in [-0.2, -0.15) is 0 Å². The Morgan fingerprint density at radius 2 is 1.06 bits per heavy atom. The van der Waals surface area contributed by atoms with E-state index < -0.39 is 29.2 Å². The van der Waals surface area contributed by atoms with Crippen molar-refractivity contribution in [2.75, 3.05) is 77.8 Å². The third-order valence-electron chi connectivity index (χ3n) is 10.9. The Kier molecular flexibility index (Phi) is 16.3. The van der Waals surface area contributed by atoms with E-state index in [9.17, 15) is 36.7 Å². The summed E-state index contributed by atoms with van der Waals surface area (Å²) in [7, 11) is 9.03. The molecule has 6 rings (SSSR count). The van der Waals surface area contributed by atoms with Crippen LogP contribution in [0.2, 0.25) is 10.0 Å². The first-order valence-corrected chi connectivity index (χ1v) is 20.4. The molecule has 18 heteroatoms. The van der Waals surface area contributed by atoms with Crippen LogP contribution in [0.3, 0.4) is 0 Å². The van der Waals surface area contributed by atoms with Gasteiger partial charge < -0.3 is 30.1 Å². The van der Waals surface area contributed by atoms with Crippen molar-refractivity contribution in [2.45, 2.75) is 38.0 Å². The molecule has 2 aliphatic heterocycles. The molecule has 2 N–H and O–H groups in total. The Morgan fingerprint density at radius 1 is 0.645 bits per heavy atom. The number of amides is 4. The second kappa shape index (κ2) is 21.2. The average molecular weight is 903 g/mol. The minimum absolute atomic E-state index is 0.0693. The first-order chi connectivity index (χ1) is 29.4. The summed E-state index contributed by atoms with van der Waals surface area (Å²) in [6, 6.07) is 15.7. The zero-order valence-corrected chi connectivity index (χ0v) is 36.5. The Morgan fingerprint density at radius 3 is 1.42 bits per heavy atom. The minimum Gasteiger partial charge on any atom is -0.465 e. The Balaban J connectivity index is 0.000000234. The third-order valence-corrected chi connectivity index (χ3v) is 11.5. The summed E-state index contributed by atoms with van der Waals surface area (Å²) in [5.41, 5.74) is 6.69. The maximum absolute atomic E-state index is 14.7. The molecule has 62 heavy (non-hydrogen) atoms. The molecule has 0 unspecified atom stereocenters. The van der Waals surface area contributed by atoms with E-state index in [4.69, 9.17) is 28.9 Å². The number of ketones is 1. The zero-order valence-electron chi connectivity index (χ0n) is 35.0. The number of likely N-dealkylation sites (N-methyl/N-ethyl adjacent to an activating group) is 2. The van der Waals surface area contributed by atoms with Crippen LogP contribution in [0.5, 0.6) is 0 Å². The Bertz CT molecular complexity index is 2130. The van der Waals surface area contributed by atoms with Crippen molar-refractivity contribution in [3.05, 3.63) is 128 Å². The van der Waals surface area contributed by atoms with Crippen LogP contribution in [0.4, 0.5) is 38.5 Å². The molecule has 12 nitrogen and oxygen atoms in total. The van der Waals surface area contributed by atoms with Crippen LogP contribution in [0.25, 0.3) is 0 Å². The van der Waals surface area contributed by atoms with Crippen LogP contribution in [-0.2, 0) is 17.8 Å². The van der Waals surface area contributed by atoms with E-state index in [2.05, 4.69) is 14.5 Å². The lowest BCUT2D eigenvalue weighted by Crippen LogP contribution is -2.43. The van der Waals surface area contributed by atoms with Gasteiger partial charge in [-0.15, -0.1) is 0 Å². The van der Waals surface area contributed by atoms with Gasteiger partial charge in [0.2, 0.25) is 0 Å². The van der Waals surface area contributed by atoms with Gasteiger partial charge in [0, 0.05) is 66.3 Å². The molecule has 2 heterocycles. The molecule has 0 radical (unpaired) electrons. The number of anilines is 2. The van der Waals surface area contributed by atoms with Crippen LogP contribution in [-0.4, -0.2) is 124 Å².